The van der Waals surface area contributed by atoms with Crippen LogP contribution in [0.1, 0.15) is 18.5 Å². The van der Waals surface area contributed by atoms with E-state index in [9.17, 15) is 9.90 Å². The lowest BCUT2D eigenvalue weighted by atomic mass is 9.98. The van der Waals surface area contributed by atoms with Crippen molar-refractivity contribution in [3.8, 4) is 17.1 Å². The van der Waals surface area contributed by atoms with Crippen molar-refractivity contribution in [1.82, 2.24) is 10.5 Å². The van der Waals surface area contributed by atoms with Crippen molar-refractivity contribution < 1.29 is 23.9 Å². The Bertz CT molecular complexity index is 1010. The second-order valence-corrected chi connectivity index (χ2v) is 7.76. The standard InChI is InChI=1S/C24H27N3O5/c1-30-19-9-7-16(8-10-19)22-14-18(27-32-22)13-20-11-12-21(28)23(31-20)15-25-24(29)26-17-5-3-2-4-6-17/h2-10,14,20-21,23,28H,11-13,15H2,1H3,(H2,25,26,29)/t20-,21-,23+/m0/s1. The van der Waals surface area contributed by atoms with Crippen LogP contribution in [-0.2, 0) is 11.2 Å². The minimum atomic E-state index is -0.629. The van der Waals surface area contributed by atoms with Crippen LogP contribution in [-0.4, -0.2) is 48.3 Å². The molecule has 0 bridgehead atoms. The average Bonchev–Trinajstić information content (AvgIpc) is 3.28. The summed E-state index contributed by atoms with van der Waals surface area (Å²) in [6, 6.07) is 18.3. The molecule has 2 heterocycles. The highest BCUT2D eigenvalue weighted by atomic mass is 16.5. The SMILES string of the molecule is COc1ccc(-c2cc(C[C@@H]3CC[C@H](O)[C@@H](CNC(=O)Nc4ccccc4)O3)no2)cc1. The minimum Gasteiger partial charge on any atom is -0.497 e. The first kappa shape index (κ1) is 21.9. The van der Waals surface area contributed by atoms with E-state index in [1.54, 1.807) is 19.2 Å². The number of rotatable bonds is 7. The summed E-state index contributed by atoms with van der Waals surface area (Å²) in [5.41, 5.74) is 2.40. The van der Waals surface area contributed by atoms with Crippen LogP contribution in [0.4, 0.5) is 10.5 Å². The van der Waals surface area contributed by atoms with Crippen LogP contribution in [0.2, 0.25) is 0 Å². The molecule has 1 aliphatic heterocycles. The number of anilines is 1. The number of ether oxygens (including phenoxy) is 2. The molecule has 2 aromatic carbocycles. The van der Waals surface area contributed by atoms with E-state index in [0.717, 1.165) is 17.0 Å². The van der Waals surface area contributed by atoms with E-state index < -0.39 is 12.2 Å². The summed E-state index contributed by atoms with van der Waals surface area (Å²) in [5.74, 6) is 1.45. The second-order valence-electron chi connectivity index (χ2n) is 7.76. The molecule has 0 spiro atoms. The Morgan fingerprint density at radius 3 is 2.69 bits per heavy atom. The molecule has 32 heavy (non-hydrogen) atoms. The fraction of sp³-hybridized carbons (Fsp3) is 0.333. The van der Waals surface area contributed by atoms with Crippen molar-refractivity contribution in [2.45, 2.75) is 37.6 Å². The number of aliphatic hydroxyl groups is 1. The molecule has 0 saturated carbocycles. The zero-order valence-electron chi connectivity index (χ0n) is 17.9. The van der Waals surface area contributed by atoms with Crippen LogP contribution in [0.15, 0.2) is 65.2 Å². The molecule has 1 fully saturated rings. The van der Waals surface area contributed by atoms with Gasteiger partial charge in [-0.1, -0.05) is 23.4 Å². The van der Waals surface area contributed by atoms with Gasteiger partial charge >= 0.3 is 6.03 Å². The third-order valence-electron chi connectivity index (χ3n) is 5.45. The first-order chi connectivity index (χ1) is 15.6. The van der Waals surface area contributed by atoms with E-state index in [-0.39, 0.29) is 18.7 Å². The molecular formula is C24H27N3O5. The Hall–Kier alpha value is -3.36. The lowest BCUT2D eigenvalue weighted by Gasteiger charge is -2.33. The van der Waals surface area contributed by atoms with E-state index in [2.05, 4.69) is 15.8 Å². The van der Waals surface area contributed by atoms with Gasteiger partial charge in [0.2, 0.25) is 0 Å². The van der Waals surface area contributed by atoms with E-state index in [1.165, 1.54) is 0 Å². The molecule has 0 aliphatic carbocycles. The van der Waals surface area contributed by atoms with Crippen molar-refractivity contribution in [3.05, 3.63) is 66.4 Å². The number of methoxy groups -OCH3 is 1. The first-order valence-corrected chi connectivity index (χ1v) is 10.6. The third kappa shape index (κ3) is 5.66. The number of hydrogen-bond donors (Lipinski definition) is 3. The Balaban J connectivity index is 1.29. The maximum Gasteiger partial charge on any atom is 0.319 e. The van der Waals surface area contributed by atoms with Gasteiger partial charge < -0.3 is 29.7 Å². The molecule has 168 valence electrons. The molecule has 8 heteroatoms. The van der Waals surface area contributed by atoms with Crippen molar-refractivity contribution >= 4 is 11.7 Å². The quantitative estimate of drug-likeness (QED) is 0.521. The number of aliphatic hydroxyl groups excluding tert-OH is 1. The molecule has 0 unspecified atom stereocenters. The second kappa shape index (κ2) is 10.3. The maximum absolute atomic E-state index is 12.1. The van der Waals surface area contributed by atoms with Crippen LogP contribution < -0.4 is 15.4 Å². The van der Waals surface area contributed by atoms with Crippen LogP contribution >= 0.6 is 0 Å². The number of nitrogens with one attached hydrogen (secondary N) is 2. The van der Waals surface area contributed by atoms with Gasteiger partial charge in [-0.3, -0.25) is 0 Å². The highest BCUT2D eigenvalue weighted by Crippen LogP contribution is 2.26. The number of hydrogen-bond acceptors (Lipinski definition) is 6. The number of aromatic nitrogens is 1. The predicted octanol–water partition coefficient (Wildman–Crippen LogP) is 3.62. The van der Waals surface area contributed by atoms with Crippen molar-refractivity contribution in [3.63, 3.8) is 0 Å². The zero-order chi connectivity index (χ0) is 22.3. The molecule has 1 aliphatic rings. The van der Waals surface area contributed by atoms with Gasteiger partial charge in [-0.2, -0.15) is 0 Å². The molecule has 1 saturated heterocycles. The van der Waals surface area contributed by atoms with Gasteiger partial charge in [-0.25, -0.2) is 4.79 Å². The number of para-hydroxylation sites is 1. The molecule has 4 rings (SSSR count). The number of carbonyl (C=O) groups excluding carboxylic acids is 1. The van der Waals surface area contributed by atoms with Gasteiger partial charge in [0.1, 0.15) is 11.9 Å². The molecule has 1 aromatic heterocycles. The van der Waals surface area contributed by atoms with Gasteiger partial charge in [0.15, 0.2) is 5.76 Å². The smallest absolute Gasteiger partial charge is 0.319 e. The topological polar surface area (TPSA) is 106 Å². The number of urea groups is 1. The third-order valence-corrected chi connectivity index (χ3v) is 5.45. The minimum absolute atomic E-state index is 0.115. The lowest BCUT2D eigenvalue weighted by Crippen LogP contribution is -2.47. The van der Waals surface area contributed by atoms with Crippen LogP contribution in [0.5, 0.6) is 5.75 Å². The average molecular weight is 437 g/mol. The summed E-state index contributed by atoms with van der Waals surface area (Å²) in [7, 11) is 1.63. The molecule has 2 amide bonds. The van der Waals surface area contributed by atoms with Crippen LogP contribution in [0, 0.1) is 0 Å². The summed E-state index contributed by atoms with van der Waals surface area (Å²) in [4.78, 5) is 12.1. The molecule has 8 nitrogen and oxygen atoms in total. The molecule has 3 aromatic rings. The molecule has 3 atom stereocenters. The summed E-state index contributed by atoms with van der Waals surface area (Å²) >= 11 is 0. The van der Waals surface area contributed by atoms with E-state index in [1.807, 2.05) is 48.5 Å². The Morgan fingerprint density at radius 2 is 1.94 bits per heavy atom. The number of nitrogens with zero attached hydrogens (tertiary/aromatic N) is 1. The number of amides is 2. The fourth-order valence-electron chi connectivity index (χ4n) is 3.71. The van der Waals surface area contributed by atoms with Gasteiger partial charge in [0, 0.05) is 30.3 Å². The maximum atomic E-state index is 12.1. The van der Waals surface area contributed by atoms with Crippen molar-refractivity contribution in [2.75, 3.05) is 19.0 Å². The van der Waals surface area contributed by atoms with Crippen LogP contribution in [0.3, 0.4) is 0 Å². The van der Waals surface area contributed by atoms with E-state index >= 15 is 0 Å². The molecule has 0 radical (unpaired) electrons. The van der Waals surface area contributed by atoms with Crippen molar-refractivity contribution in [1.29, 1.82) is 0 Å². The van der Waals surface area contributed by atoms with Gasteiger partial charge in [-0.15, -0.1) is 0 Å². The van der Waals surface area contributed by atoms with Crippen LogP contribution in [0.25, 0.3) is 11.3 Å². The van der Waals surface area contributed by atoms with E-state index in [0.29, 0.717) is 30.7 Å². The molecular weight excluding hydrogens is 410 g/mol. The summed E-state index contributed by atoms with van der Waals surface area (Å²) < 4.78 is 16.7. The normalized spacial score (nSPS) is 20.5. The monoisotopic (exact) mass is 437 g/mol. The molecule has 3 N–H and O–H groups in total. The van der Waals surface area contributed by atoms with Gasteiger partial charge in [0.25, 0.3) is 0 Å². The highest BCUT2D eigenvalue weighted by Gasteiger charge is 2.31. The summed E-state index contributed by atoms with van der Waals surface area (Å²) in [5, 5.41) is 20.0. The van der Waals surface area contributed by atoms with Gasteiger partial charge in [-0.05, 0) is 49.2 Å². The fourth-order valence-corrected chi connectivity index (χ4v) is 3.71. The largest absolute Gasteiger partial charge is 0.497 e. The Kier molecular flexibility index (Phi) is 7.03. The number of benzene rings is 2. The summed E-state index contributed by atoms with van der Waals surface area (Å²) in [6.07, 6.45) is 0.646. The highest BCUT2D eigenvalue weighted by molar-refractivity contribution is 5.89. The van der Waals surface area contributed by atoms with Crippen molar-refractivity contribution in [2.24, 2.45) is 0 Å². The Morgan fingerprint density at radius 1 is 1.16 bits per heavy atom. The van der Waals surface area contributed by atoms with E-state index in [4.69, 9.17) is 14.0 Å². The number of carbonyl (C=O) groups is 1. The zero-order valence-corrected chi connectivity index (χ0v) is 17.9. The first-order valence-electron chi connectivity index (χ1n) is 10.6. The Labute approximate surface area is 186 Å². The summed E-state index contributed by atoms with van der Waals surface area (Å²) in [6.45, 7) is 0.215. The lowest BCUT2D eigenvalue weighted by molar-refractivity contribution is -0.113. The predicted molar refractivity (Wildman–Crippen MR) is 120 cm³/mol. The van der Waals surface area contributed by atoms with Gasteiger partial charge in [0.05, 0.1) is 25.0 Å².